The van der Waals surface area contributed by atoms with E-state index in [-0.39, 0.29) is 22.1 Å². The topological polar surface area (TPSA) is 71.4 Å². The fourth-order valence-electron chi connectivity index (χ4n) is 2.45. The molecule has 0 aliphatic heterocycles. The van der Waals surface area contributed by atoms with Gasteiger partial charge in [-0.3, -0.25) is 0 Å². The number of hydrogen-bond acceptors (Lipinski definition) is 3. The number of carbonyl (C=O) groups is 1. The highest BCUT2D eigenvalue weighted by Gasteiger charge is 2.25. The van der Waals surface area contributed by atoms with Crippen molar-refractivity contribution in [3.05, 3.63) is 28.2 Å². The molecule has 0 bridgehead atoms. The number of sulfone groups is 1. The molecule has 4 nitrogen and oxygen atoms in total. The molecule has 0 saturated heterocycles. The third kappa shape index (κ3) is 3.36. The average Bonchev–Trinajstić information content (AvgIpc) is 2.80. The summed E-state index contributed by atoms with van der Waals surface area (Å²) in [6, 6.07) is 4.17. The Morgan fingerprint density at radius 3 is 2.53 bits per heavy atom. The zero-order valence-corrected chi connectivity index (χ0v) is 12.7. The number of halogens is 1. The number of carboxylic acids is 1. The molecule has 1 aromatic carbocycles. The average molecular weight is 347 g/mol. The summed E-state index contributed by atoms with van der Waals surface area (Å²) >= 11 is 3.11. The Morgan fingerprint density at radius 1 is 1.32 bits per heavy atom. The number of hydrogen-bond donors (Lipinski definition) is 1. The van der Waals surface area contributed by atoms with Gasteiger partial charge in [-0.2, -0.15) is 0 Å². The van der Waals surface area contributed by atoms with E-state index in [0.29, 0.717) is 4.47 Å². The second-order valence-corrected chi connectivity index (χ2v) is 7.77. The molecule has 1 saturated carbocycles. The van der Waals surface area contributed by atoms with Crippen molar-refractivity contribution in [1.82, 2.24) is 0 Å². The van der Waals surface area contributed by atoms with Crippen LogP contribution < -0.4 is 0 Å². The second kappa shape index (κ2) is 5.63. The van der Waals surface area contributed by atoms with Gasteiger partial charge in [-0.05, 0) is 52.9 Å². The van der Waals surface area contributed by atoms with Gasteiger partial charge >= 0.3 is 5.97 Å². The zero-order chi connectivity index (χ0) is 14.0. The van der Waals surface area contributed by atoms with Crippen LogP contribution in [0.15, 0.2) is 27.6 Å². The molecule has 0 unspecified atom stereocenters. The highest BCUT2D eigenvalue weighted by molar-refractivity contribution is 9.10. The van der Waals surface area contributed by atoms with Gasteiger partial charge in [0.05, 0.1) is 16.2 Å². The molecule has 1 aromatic rings. The normalized spacial score (nSPS) is 16.7. The molecule has 0 aromatic heterocycles. The Kier molecular flexibility index (Phi) is 4.30. The van der Waals surface area contributed by atoms with Crippen molar-refractivity contribution >= 4 is 31.7 Å². The van der Waals surface area contributed by atoms with E-state index >= 15 is 0 Å². The van der Waals surface area contributed by atoms with E-state index in [9.17, 15) is 13.2 Å². The van der Waals surface area contributed by atoms with Gasteiger partial charge in [-0.15, -0.1) is 0 Å². The molecule has 6 heteroatoms. The van der Waals surface area contributed by atoms with E-state index in [1.165, 1.54) is 18.2 Å². The highest BCUT2D eigenvalue weighted by atomic mass is 79.9. The standard InChI is InChI=1S/C13H15BrO4S/c14-12-6-5-10(7-11(12)13(15)16)19(17,18)8-9-3-1-2-4-9/h5-7,9H,1-4,8H2,(H,15,16). The maximum absolute atomic E-state index is 12.3. The number of aromatic carboxylic acids is 1. The Labute approximate surface area is 120 Å². The van der Waals surface area contributed by atoms with Gasteiger partial charge < -0.3 is 5.11 Å². The van der Waals surface area contributed by atoms with Crippen molar-refractivity contribution in [2.24, 2.45) is 5.92 Å². The first-order chi connectivity index (χ1) is 8.90. The molecule has 0 amide bonds. The first-order valence-electron chi connectivity index (χ1n) is 6.16. The molecule has 0 heterocycles. The van der Waals surface area contributed by atoms with E-state index in [4.69, 9.17) is 5.11 Å². The van der Waals surface area contributed by atoms with E-state index in [0.717, 1.165) is 25.7 Å². The SMILES string of the molecule is O=C(O)c1cc(S(=O)(=O)CC2CCCC2)ccc1Br. The van der Waals surface area contributed by atoms with Crippen LogP contribution in [0.25, 0.3) is 0 Å². The summed E-state index contributed by atoms with van der Waals surface area (Å²) in [4.78, 5) is 11.1. The summed E-state index contributed by atoms with van der Waals surface area (Å²) in [5.74, 6) is -0.806. The fourth-order valence-corrected chi connectivity index (χ4v) is 4.58. The summed E-state index contributed by atoms with van der Waals surface area (Å²) in [5, 5.41) is 9.02. The predicted octanol–water partition coefficient (Wildman–Crippen LogP) is 3.11. The van der Waals surface area contributed by atoms with E-state index in [2.05, 4.69) is 15.9 Å². The van der Waals surface area contributed by atoms with Crippen LogP contribution in [0, 0.1) is 5.92 Å². The van der Waals surface area contributed by atoms with Gasteiger partial charge in [0.1, 0.15) is 0 Å². The molecule has 0 radical (unpaired) electrons. The van der Waals surface area contributed by atoms with Gasteiger partial charge in [0, 0.05) is 4.47 Å². The van der Waals surface area contributed by atoms with Crippen LogP contribution in [0.4, 0.5) is 0 Å². The Balaban J connectivity index is 2.29. The minimum absolute atomic E-state index is 0.0208. The molecule has 1 fully saturated rings. The van der Waals surface area contributed by atoms with Crippen molar-refractivity contribution in [2.75, 3.05) is 5.75 Å². The Bertz CT molecular complexity index is 589. The predicted molar refractivity (Wildman–Crippen MR) is 75.1 cm³/mol. The van der Waals surface area contributed by atoms with E-state index < -0.39 is 15.8 Å². The third-order valence-electron chi connectivity index (χ3n) is 3.46. The first kappa shape index (κ1) is 14.5. The number of rotatable bonds is 4. The van der Waals surface area contributed by atoms with Crippen molar-refractivity contribution in [2.45, 2.75) is 30.6 Å². The van der Waals surface area contributed by atoms with Gasteiger partial charge in [0.2, 0.25) is 0 Å². The lowest BCUT2D eigenvalue weighted by molar-refractivity contribution is 0.0695. The Morgan fingerprint density at radius 2 is 1.95 bits per heavy atom. The van der Waals surface area contributed by atoms with Crippen LogP contribution in [-0.4, -0.2) is 25.2 Å². The molecule has 2 rings (SSSR count). The monoisotopic (exact) mass is 346 g/mol. The minimum Gasteiger partial charge on any atom is -0.478 e. The largest absolute Gasteiger partial charge is 0.478 e. The molecule has 0 spiro atoms. The van der Waals surface area contributed by atoms with Crippen LogP contribution in [-0.2, 0) is 9.84 Å². The van der Waals surface area contributed by atoms with Crippen molar-refractivity contribution in [3.8, 4) is 0 Å². The van der Waals surface area contributed by atoms with Crippen LogP contribution in [0.3, 0.4) is 0 Å². The quantitative estimate of drug-likeness (QED) is 0.908. The summed E-state index contributed by atoms with van der Waals surface area (Å²) in [7, 11) is -3.40. The number of benzene rings is 1. The van der Waals surface area contributed by atoms with Gasteiger partial charge in [-0.25, -0.2) is 13.2 Å². The van der Waals surface area contributed by atoms with Crippen molar-refractivity contribution < 1.29 is 18.3 Å². The Hall–Kier alpha value is -0.880. The molecular formula is C13H15BrO4S. The third-order valence-corrected chi connectivity index (χ3v) is 6.03. The van der Waals surface area contributed by atoms with Crippen LogP contribution in [0.5, 0.6) is 0 Å². The molecule has 19 heavy (non-hydrogen) atoms. The van der Waals surface area contributed by atoms with E-state index in [1.807, 2.05) is 0 Å². The summed E-state index contributed by atoms with van der Waals surface area (Å²) in [6.45, 7) is 0. The lowest BCUT2D eigenvalue weighted by atomic mass is 10.1. The first-order valence-corrected chi connectivity index (χ1v) is 8.60. The smallest absolute Gasteiger partial charge is 0.336 e. The van der Waals surface area contributed by atoms with Gasteiger partial charge in [0.15, 0.2) is 9.84 Å². The maximum atomic E-state index is 12.3. The highest BCUT2D eigenvalue weighted by Crippen LogP contribution is 2.29. The molecule has 1 N–H and O–H groups in total. The summed E-state index contributed by atoms with van der Waals surface area (Å²) in [5.41, 5.74) is -0.0208. The molecule has 104 valence electrons. The van der Waals surface area contributed by atoms with Crippen molar-refractivity contribution in [3.63, 3.8) is 0 Å². The van der Waals surface area contributed by atoms with Gasteiger partial charge in [0.25, 0.3) is 0 Å². The van der Waals surface area contributed by atoms with Crippen LogP contribution >= 0.6 is 15.9 Å². The molecule has 1 aliphatic carbocycles. The van der Waals surface area contributed by atoms with Crippen molar-refractivity contribution in [1.29, 1.82) is 0 Å². The lowest BCUT2D eigenvalue weighted by Gasteiger charge is -2.11. The number of carboxylic acid groups (broad SMARTS) is 1. The lowest BCUT2D eigenvalue weighted by Crippen LogP contribution is -2.14. The maximum Gasteiger partial charge on any atom is 0.336 e. The van der Waals surface area contributed by atoms with Gasteiger partial charge in [-0.1, -0.05) is 12.8 Å². The fraction of sp³-hybridized carbons (Fsp3) is 0.462. The summed E-state index contributed by atoms with van der Waals surface area (Å²) in [6.07, 6.45) is 4.06. The van der Waals surface area contributed by atoms with Crippen LogP contribution in [0.2, 0.25) is 0 Å². The minimum atomic E-state index is -3.40. The van der Waals surface area contributed by atoms with Crippen LogP contribution in [0.1, 0.15) is 36.0 Å². The molecular weight excluding hydrogens is 332 g/mol. The molecule has 1 aliphatic rings. The summed E-state index contributed by atoms with van der Waals surface area (Å²) < 4.78 is 24.9. The zero-order valence-electron chi connectivity index (χ0n) is 10.3. The van der Waals surface area contributed by atoms with E-state index in [1.54, 1.807) is 0 Å². The molecule has 0 atom stereocenters. The second-order valence-electron chi connectivity index (χ2n) is 4.88.